The summed E-state index contributed by atoms with van der Waals surface area (Å²) in [5, 5.41) is 0.434. The first-order chi connectivity index (χ1) is 12.4. The molecule has 0 spiro atoms. The molecule has 0 N–H and O–H groups in total. The van der Waals surface area contributed by atoms with Gasteiger partial charge in [-0.15, -0.1) is 0 Å². The number of aromatic nitrogens is 1. The molecule has 0 unspecified atom stereocenters. The summed E-state index contributed by atoms with van der Waals surface area (Å²) in [6, 6.07) is 5.12. The van der Waals surface area contributed by atoms with Crippen LogP contribution in [0.15, 0.2) is 36.5 Å². The van der Waals surface area contributed by atoms with Crippen LogP contribution in [-0.4, -0.2) is 22.8 Å². The van der Waals surface area contributed by atoms with Gasteiger partial charge in [0.05, 0.1) is 17.2 Å². The van der Waals surface area contributed by atoms with Crippen LogP contribution in [0.4, 0.5) is 13.2 Å². The minimum Gasteiger partial charge on any atom is -0.319 e. The Bertz CT molecular complexity index is 818. The molecule has 6 heteroatoms. The molecule has 0 saturated heterocycles. The molecule has 26 heavy (non-hydrogen) atoms. The minimum absolute atomic E-state index is 0.0776. The van der Waals surface area contributed by atoms with Gasteiger partial charge in [-0.3, -0.25) is 9.18 Å². The van der Waals surface area contributed by atoms with Crippen LogP contribution in [0.1, 0.15) is 48.2 Å². The number of pyridine rings is 1. The van der Waals surface area contributed by atoms with E-state index in [0.717, 1.165) is 0 Å². The number of ketones is 1. The van der Waals surface area contributed by atoms with Gasteiger partial charge in [-0.25, -0.2) is 8.78 Å². The molecular weight excluding hydrogens is 363 g/mol. The van der Waals surface area contributed by atoms with Crippen molar-refractivity contribution >= 4 is 22.9 Å². The van der Waals surface area contributed by atoms with Gasteiger partial charge < -0.3 is 4.40 Å². The second-order valence-electron chi connectivity index (χ2n) is 6.86. The first-order valence-electron chi connectivity index (χ1n) is 8.84. The molecule has 1 fully saturated rings. The number of allylic oxidation sites excluding steroid dienone is 2. The number of halogens is 4. The van der Waals surface area contributed by atoms with E-state index in [-0.39, 0.29) is 31.0 Å². The Morgan fingerprint density at radius 1 is 1.35 bits per heavy atom. The largest absolute Gasteiger partial charge is 0.319 e. The summed E-state index contributed by atoms with van der Waals surface area (Å²) in [6.45, 7) is -0.519. The molecule has 1 aliphatic carbocycles. The first-order valence-corrected chi connectivity index (χ1v) is 9.22. The van der Waals surface area contributed by atoms with E-state index >= 15 is 0 Å². The number of nitrogens with zero attached hydrogens (tertiary/aromatic N) is 1. The Labute approximate surface area is 155 Å². The molecular formula is C20H21ClF3NO. The molecule has 0 aromatic carbocycles. The molecule has 140 valence electrons. The standard InChI is InChI=1S/C20H21ClF3NO/c21-17-4-2-12-25-15(8-11-22)13-16(19(17)25)18(26)5-1-3-14-6-9-20(23,24)10-7-14/h1-2,4-5,12-14H,3,6-11H2/b5-1+. The van der Waals surface area contributed by atoms with Gasteiger partial charge in [-0.2, -0.15) is 0 Å². The van der Waals surface area contributed by atoms with Crippen molar-refractivity contribution in [2.24, 2.45) is 5.92 Å². The number of carbonyl (C=O) groups is 1. The van der Waals surface area contributed by atoms with Gasteiger partial charge >= 0.3 is 0 Å². The topological polar surface area (TPSA) is 21.5 Å². The summed E-state index contributed by atoms with van der Waals surface area (Å²) < 4.78 is 40.9. The zero-order valence-electron chi connectivity index (χ0n) is 14.4. The Morgan fingerprint density at radius 2 is 2.08 bits per heavy atom. The molecule has 3 rings (SSSR count). The zero-order chi connectivity index (χ0) is 18.7. The monoisotopic (exact) mass is 383 g/mol. The van der Waals surface area contributed by atoms with Crippen molar-refractivity contribution in [3.05, 3.63) is 52.8 Å². The molecule has 2 aromatic rings. The Hall–Kier alpha value is -1.75. The normalized spacial score (nSPS) is 18.0. The fraction of sp³-hybridized carbons (Fsp3) is 0.450. The van der Waals surface area contributed by atoms with Crippen LogP contribution in [0.2, 0.25) is 5.02 Å². The number of rotatable bonds is 6. The zero-order valence-corrected chi connectivity index (χ0v) is 15.1. The van der Waals surface area contributed by atoms with E-state index in [0.29, 0.717) is 41.1 Å². The van der Waals surface area contributed by atoms with Crippen LogP contribution < -0.4 is 0 Å². The van der Waals surface area contributed by atoms with Gasteiger partial charge in [-0.05, 0) is 49.5 Å². The van der Waals surface area contributed by atoms with Crippen molar-refractivity contribution in [2.45, 2.75) is 44.4 Å². The lowest BCUT2D eigenvalue weighted by atomic mass is 9.84. The highest BCUT2D eigenvalue weighted by Gasteiger charge is 2.34. The fourth-order valence-corrected chi connectivity index (χ4v) is 3.82. The second-order valence-corrected chi connectivity index (χ2v) is 7.27. The van der Waals surface area contributed by atoms with E-state index in [1.165, 1.54) is 6.08 Å². The molecule has 0 atom stereocenters. The van der Waals surface area contributed by atoms with E-state index < -0.39 is 12.6 Å². The van der Waals surface area contributed by atoms with Crippen LogP contribution in [-0.2, 0) is 6.42 Å². The number of fused-ring (bicyclic) bond motifs is 1. The maximum Gasteiger partial charge on any atom is 0.248 e. The van der Waals surface area contributed by atoms with Crippen molar-refractivity contribution in [3.8, 4) is 0 Å². The van der Waals surface area contributed by atoms with Crippen molar-refractivity contribution in [3.63, 3.8) is 0 Å². The highest BCUT2D eigenvalue weighted by molar-refractivity contribution is 6.35. The number of hydrogen-bond acceptors (Lipinski definition) is 1. The molecule has 1 saturated carbocycles. The summed E-state index contributed by atoms with van der Waals surface area (Å²) in [7, 11) is 0. The Kier molecular flexibility index (Phi) is 5.76. The van der Waals surface area contributed by atoms with E-state index in [4.69, 9.17) is 11.6 Å². The van der Waals surface area contributed by atoms with Crippen LogP contribution in [0.25, 0.3) is 5.52 Å². The summed E-state index contributed by atoms with van der Waals surface area (Å²) in [6.07, 6.45) is 6.61. The highest BCUT2D eigenvalue weighted by Crippen LogP contribution is 2.37. The SMILES string of the molecule is O=C(/C=C/CC1CCC(F)(F)CC1)c1cc(CCF)n2cccc(Cl)c12. The Balaban J connectivity index is 1.74. The van der Waals surface area contributed by atoms with Gasteiger partial charge in [-0.1, -0.05) is 17.7 Å². The number of aryl methyl sites for hydroxylation is 1. The molecule has 1 aliphatic rings. The predicted octanol–water partition coefficient (Wildman–Crippen LogP) is 6.06. The average molecular weight is 384 g/mol. The summed E-state index contributed by atoms with van der Waals surface area (Å²) >= 11 is 6.24. The maximum absolute atomic E-state index is 13.2. The van der Waals surface area contributed by atoms with Crippen molar-refractivity contribution in [2.75, 3.05) is 6.67 Å². The van der Waals surface area contributed by atoms with Crippen LogP contribution in [0, 0.1) is 5.92 Å². The van der Waals surface area contributed by atoms with Crippen LogP contribution >= 0.6 is 11.6 Å². The van der Waals surface area contributed by atoms with Crippen molar-refractivity contribution in [1.29, 1.82) is 0 Å². The highest BCUT2D eigenvalue weighted by atomic mass is 35.5. The lowest BCUT2D eigenvalue weighted by Gasteiger charge is -2.27. The first kappa shape index (κ1) is 19.0. The predicted molar refractivity (Wildman–Crippen MR) is 97.1 cm³/mol. The van der Waals surface area contributed by atoms with E-state index in [1.54, 1.807) is 34.9 Å². The molecule has 2 heterocycles. The van der Waals surface area contributed by atoms with Gasteiger partial charge in [0.25, 0.3) is 0 Å². The summed E-state index contributed by atoms with van der Waals surface area (Å²) in [4.78, 5) is 12.6. The number of carbonyl (C=O) groups excluding carboxylic acids is 1. The summed E-state index contributed by atoms with van der Waals surface area (Å²) in [5.74, 6) is -2.55. The molecule has 0 radical (unpaired) electrons. The van der Waals surface area contributed by atoms with E-state index in [2.05, 4.69) is 0 Å². The third-order valence-corrected chi connectivity index (χ3v) is 5.32. The van der Waals surface area contributed by atoms with Gasteiger partial charge in [0.15, 0.2) is 5.78 Å². The Morgan fingerprint density at radius 3 is 2.77 bits per heavy atom. The minimum atomic E-state index is -2.54. The third-order valence-electron chi connectivity index (χ3n) is 5.01. The molecule has 0 aliphatic heterocycles. The lowest BCUT2D eigenvalue weighted by Crippen LogP contribution is -2.24. The fourth-order valence-electron chi connectivity index (χ4n) is 3.55. The third kappa shape index (κ3) is 4.14. The lowest BCUT2D eigenvalue weighted by molar-refractivity contribution is -0.0453. The van der Waals surface area contributed by atoms with Crippen molar-refractivity contribution < 1.29 is 18.0 Å². The van der Waals surface area contributed by atoms with E-state index in [1.807, 2.05) is 0 Å². The second kappa shape index (κ2) is 7.87. The van der Waals surface area contributed by atoms with Gasteiger partial charge in [0, 0.05) is 36.7 Å². The molecule has 2 aromatic heterocycles. The smallest absolute Gasteiger partial charge is 0.248 e. The summed E-state index contributed by atoms with van der Waals surface area (Å²) in [5.41, 5.74) is 1.70. The van der Waals surface area contributed by atoms with Crippen molar-refractivity contribution in [1.82, 2.24) is 4.40 Å². The van der Waals surface area contributed by atoms with Gasteiger partial charge in [0.2, 0.25) is 5.92 Å². The van der Waals surface area contributed by atoms with Crippen LogP contribution in [0.3, 0.4) is 0 Å². The average Bonchev–Trinajstić information content (AvgIpc) is 2.97. The molecule has 2 nitrogen and oxygen atoms in total. The maximum atomic E-state index is 13.2. The quantitative estimate of drug-likeness (QED) is 0.439. The van der Waals surface area contributed by atoms with Gasteiger partial charge in [0.1, 0.15) is 0 Å². The molecule has 0 amide bonds. The number of hydrogen-bond donors (Lipinski definition) is 0. The van der Waals surface area contributed by atoms with E-state index in [9.17, 15) is 18.0 Å². The molecule has 0 bridgehead atoms. The van der Waals surface area contributed by atoms with Crippen LogP contribution in [0.5, 0.6) is 0 Å². The number of alkyl halides is 3.